The van der Waals surface area contributed by atoms with Gasteiger partial charge in [0.15, 0.2) is 0 Å². The summed E-state index contributed by atoms with van der Waals surface area (Å²) >= 11 is 0. The van der Waals surface area contributed by atoms with Gasteiger partial charge in [0.25, 0.3) is 0 Å². The van der Waals surface area contributed by atoms with Crippen LogP contribution < -0.4 is 9.80 Å². The maximum Gasteiger partial charge on any atom is 0.328 e. The van der Waals surface area contributed by atoms with Crippen LogP contribution in [0.25, 0.3) is 0 Å². The van der Waals surface area contributed by atoms with E-state index in [2.05, 4.69) is 13.8 Å². The molecular weight excluding hydrogens is 272 g/mol. The molecule has 2 amide bonds. The first kappa shape index (κ1) is 16.1. The number of carbonyl (C=O) groups is 1. The lowest BCUT2D eigenvalue weighted by Crippen LogP contribution is -2.45. The number of para-hydroxylation sites is 2. The van der Waals surface area contributed by atoms with Crippen molar-refractivity contribution in [1.82, 2.24) is 0 Å². The van der Waals surface area contributed by atoms with Gasteiger partial charge in [0.05, 0.1) is 0 Å². The third-order valence-electron chi connectivity index (χ3n) is 3.46. The van der Waals surface area contributed by atoms with Crippen molar-refractivity contribution in [3.63, 3.8) is 0 Å². The molecule has 3 nitrogen and oxygen atoms in total. The molecule has 0 spiro atoms. The van der Waals surface area contributed by atoms with E-state index in [4.69, 9.17) is 0 Å². The van der Waals surface area contributed by atoms with E-state index in [1.54, 1.807) is 0 Å². The highest BCUT2D eigenvalue weighted by Crippen LogP contribution is 2.21. The number of amides is 2. The first-order valence-electron chi connectivity index (χ1n) is 7.82. The average Bonchev–Trinajstić information content (AvgIpc) is 2.55. The quantitative estimate of drug-likeness (QED) is 0.777. The van der Waals surface area contributed by atoms with Gasteiger partial charge in [-0.25, -0.2) is 4.79 Å². The van der Waals surface area contributed by atoms with E-state index in [0.29, 0.717) is 19.0 Å². The Morgan fingerprint density at radius 3 is 1.73 bits per heavy atom. The lowest BCUT2D eigenvalue weighted by atomic mass is 10.2. The van der Waals surface area contributed by atoms with Crippen LogP contribution in [0.3, 0.4) is 0 Å². The van der Waals surface area contributed by atoms with Crippen LogP contribution in [0.4, 0.5) is 16.2 Å². The van der Waals surface area contributed by atoms with Crippen molar-refractivity contribution in [1.29, 1.82) is 0 Å². The normalized spacial score (nSPS) is 10.5. The fraction of sp³-hybridized carbons (Fsp3) is 0.316. The molecule has 0 heterocycles. The molecule has 2 rings (SSSR count). The molecule has 0 bridgehead atoms. The largest absolute Gasteiger partial charge is 0.328 e. The maximum atomic E-state index is 13.1. The van der Waals surface area contributed by atoms with Crippen LogP contribution in [-0.4, -0.2) is 19.1 Å². The number of hydrogen-bond donors (Lipinski definition) is 0. The van der Waals surface area contributed by atoms with Gasteiger partial charge in [0.1, 0.15) is 0 Å². The molecule has 0 fully saturated rings. The molecule has 2 aromatic rings. The predicted molar refractivity (Wildman–Crippen MR) is 93.5 cm³/mol. The highest BCUT2D eigenvalue weighted by atomic mass is 16.2. The molecule has 116 valence electrons. The molecule has 0 aliphatic rings. The second-order valence-electron chi connectivity index (χ2n) is 5.70. The van der Waals surface area contributed by atoms with Crippen LogP contribution in [0.1, 0.15) is 20.8 Å². The van der Waals surface area contributed by atoms with Gasteiger partial charge in [-0.1, -0.05) is 50.2 Å². The molecule has 0 aliphatic carbocycles. The Hall–Kier alpha value is -2.29. The summed E-state index contributed by atoms with van der Waals surface area (Å²) in [4.78, 5) is 16.7. The van der Waals surface area contributed by atoms with Gasteiger partial charge in [-0.2, -0.15) is 0 Å². The van der Waals surface area contributed by atoms with Crippen molar-refractivity contribution in [3.8, 4) is 0 Å². The summed E-state index contributed by atoms with van der Waals surface area (Å²) in [6.45, 7) is 7.60. The van der Waals surface area contributed by atoms with E-state index in [-0.39, 0.29) is 6.03 Å². The highest BCUT2D eigenvalue weighted by molar-refractivity contribution is 6.03. The molecule has 0 saturated heterocycles. The molecule has 3 heteroatoms. The Bertz CT molecular complexity index is 581. The lowest BCUT2D eigenvalue weighted by molar-refractivity contribution is 0.251. The van der Waals surface area contributed by atoms with Gasteiger partial charge in [-0.05, 0) is 37.1 Å². The molecule has 0 N–H and O–H groups in total. The second kappa shape index (κ2) is 7.64. The van der Waals surface area contributed by atoms with E-state index >= 15 is 0 Å². The average molecular weight is 296 g/mol. The Morgan fingerprint density at radius 1 is 0.864 bits per heavy atom. The zero-order chi connectivity index (χ0) is 15.9. The summed E-state index contributed by atoms with van der Waals surface area (Å²) in [5, 5.41) is 0. The van der Waals surface area contributed by atoms with Crippen LogP contribution in [-0.2, 0) is 0 Å². The number of hydrogen-bond acceptors (Lipinski definition) is 1. The standard InChI is InChI=1S/C19H24N2O/c1-4-20(17-11-7-5-8-12-17)19(22)21(15-16(2)3)18-13-9-6-10-14-18/h5-14,16H,4,15H2,1-3H3. The first-order chi connectivity index (χ1) is 10.6. The Labute approximate surface area is 133 Å². The van der Waals surface area contributed by atoms with Crippen molar-refractivity contribution in [3.05, 3.63) is 60.7 Å². The topological polar surface area (TPSA) is 23.6 Å². The van der Waals surface area contributed by atoms with Crippen molar-refractivity contribution < 1.29 is 4.79 Å². The van der Waals surface area contributed by atoms with Gasteiger partial charge in [0.2, 0.25) is 0 Å². The van der Waals surface area contributed by atoms with Crippen LogP contribution in [0.15, 0.2) is 60.7 Å². The summed E-state index contributed by atoms with van der Waals surface area (Å²) in [7, 11) is 0. The van der Waals surface area contributed by atoms with Gasteiger partial charge in [-0.3, -0.25) is 9.80 Å². The summed E-state index contributed by atoms with van der Waals surface area (Å²) < 4.78 is 0. The van der Waals surface area contributed by atoms with Crippen molar-refractivity contribution >= 4 is 17.4 Å². The second-order valence-corrected chi connectivity index (χ2v) is 5.70. The molecule has 0 aromatic heterocycles. The van der Waals surface area contributed by atoms with Crippen molar-refractivity contribution in [2.75, 3.05) is 22.9 Å². The molecule has 0 unspecified atom stereocenters. The summed E-state index contributed by atoms with van der Waals surface area (Å²) in [6, 6.07) is 19.7. The minimum Gasteiger partial charge on any atom is -0.294 e. The molecule has 22 heavy (non-hydrogen) atoms. The molecule has 0 atom stereocenters. The highest BCUT2D eigenvalue weighted by Gasteiger charge is 2.23. The fourth-order valence-corrected chi connectivity index (χ4v) is 2.45. The smallest absolute Gasteiger partial charge is 0.294 e. The number of rotatable bonds is 5. The van der Waals surface area contributed by atoms with E-state index in [1.807, 2.05) is 77.4 Å². The van der Waals surface area contributed by atoms with Crippen molar-refractivity contribution in [2.45, 2.75) is 20.8 Å². The number of urea groups is 1. The Morgan fingerprint density at radius 2 is 1.32 bits per heavy atom. The van der Waals surface area contributed by atoms with E-state index < -0.39 is 0 Å². The molecular formula is C19H24N2O. The predicted octanol–water partition coefficient (Wildman–Crippen LogP) is 4.80. The van der Waals surface area contributed by atoms with E-state index in [0.717, 1.165) is 11.4 Å². The summed E-state index contributed by atoms with van der Waals surface area (Å²) in [5.74, 6) is 0.402. The van der Waals surface area contributed by atoms with Crippen LogP contribution in [0.5, 0.6) is 0 Å². The van der Waals surface area contributed by atoms with Crippen LogP contribution >= 0.6 is 0 Å². The number of nitrogens with zero attached hydrogens (tertiary/aromatic N) is 2. The van der Waals surface area contributed by atoms with Gasteiger partial charge in [0, 0.05) is 24.5 Å². The number of benzene rings is 2. The molecule has 0 aliphatic heterocycles. The Kier molecular flexibility index (Phi) is 5.59. The molecule has 0 radical (unpaired) electrons. The minimum absolute atomic E-state index is 0.0219. The first-order valence-corrected chi connectivity index (χ1v) is 7.82. The third kappa shape index (κ3) is 3.88. The summed E-state index contributed by atoms with van der Waals surface area (Å²) in [5.41, 5.74) is 1.87. The number of carbonyl (C=O) groups excluding carboxylic acids is 1. The van der Waals surface area contributed by atoms with Gasteiger partial charge in [-0.15, -0.1) is 0 Å². The van der Waals surface area contributed by atoms with Crippen molar-refractivity contribution in [2.24, 2.45) is 5.92 Å². The van der Waals surface area contributed by atoms with Gasteiger partial charge >= 0.3 is 6.03 Å². The van der Waals surface area contributed by atoms with E-state index in [1.165, 1.54) is 0 Å². The fourth-order valence-electron chi connectivity index (χ4n) is 2.45. The zero-order valence-electron chi connectivity index (χ0n) is 13.6. The minimum atomic E-state index is 0.0219. The van der Waals surface area contributed by atoms with Gasteiger partial charge < -0.3 is 0 Å². The summed E-state index contributed by atoms with van der Waals surface area (Å²) in [6.07, 6.45) is 0. The maximum absolute atomic E-state index is 13.1. The van der Waals surface area contributed by atoms with Crippen LogP contribution in [0.2, 0.25) is 0 Å². The third-order valence-corrected chi connectivity index (χ3v) is 3.46. The number of anilines is 2. The lowest BCUT2D eigenvalue weighted by Gasteiger charge is -2.31. The van der Waals surface area contributed by atoms with E-state index in [9.17, 15) is 4.79 Å². The monoisotopic (exact) mass is 296 g/mol. The molecule has 0 saturated carbocycles. The Balaban J connectivity index is 2.32. The van der Waals surface area contributed by atoms with Crippen LogP contribution in [0, 0.1) is 5.92 Å². The SMILES string of the molecule is CCN(C(=O)N(CC(C)C)c1ccccc1)c1ccccc1. The zero-order valence-corrected chi connectivity index (χ0v) is 13.6. The molecule has 2 aromatic carbocycles.